The molecule has 3 heterocycles. The van der Waals surface area contributed by atoms with E-state index in [0.29, 0.717) is 13.1 Å². The Morgan fingerprint density at radius 3 is 2.24 bits per heavy atom. The van der Waals surface area contributed by atoms with Crippen molar-refractivity contribution in [3.8, 4) is 5.69 Å². The molecule has 1 aliphatic rings. The summed E-state index contributed by atoms with van der Waals surface area (Å²) in [6, 6.07) is 20.3. The summed E-state index contributed by atoms with van der Waals surface area (Å²) in [7, 11) is 0. The standard InChI is InChI=1S/C30H36N6O/c1-4-12-22(3)27-32-28(26-21-31-36(29(26)33-27)24-15-10-7-11-16-24)34-17-19-35(20-18-34)30(37)25(5-2)23-13-8-6-9-14-23/h6-11,13-16,21-22,25H,4-5,12,17-20H2,1-3H3. The Balaban J connectivity index is 1.42. The maximum atomic E-state index is 13.4. The van der Waals surface area contributed by atoms with Gasteiger partial charge in [0.1, 0.15) is 11.6 Å². The number of benzene rings is 2. The van der Waals surface area contributed by atoms with Gasteiger partial charge in [-0.3, -0.25) is 4.79 Å². The van der Waals surface area contributed by atoms with Crippen molar-refractivity contribution in [2.24, 2.45) is 0 Å². The number of hydrogen-bond donors (Lipinski definition) is 0. The molecule has 0 N–H and O–H groups in total. The lowest BCUT2D eigenvalue weighted by Crippen LogP contribution is -2.50. The van der Waals surface area contributed by atoms with Crippen molar-refractivity contribution in [3.63, 3.8) is 0 Å². The summed E-state index contributed by atoms with van der Waals surface area (Å²) in [5, 5.41) is 5.65. The molecule has 0 spiro atoms. The van der Waals surface area contributed by atoms with E-state index in [1.165, 1.54) is 0 Å². The molecule has 0 radical (unpaired) electrons. The van der Waals surface area contributed by atoms with Gasteiger partial charge < -0.3 is 9.80 Å². The van der Waals surface area contributed by atoms with Crippen molar-refractivity contribution in [2.75, 3.05) is 31.1 Å². The van der Waals surface area contributed by atoms with Crippen LogP contribution in [-0.2, 0) is 4.79 Å². The summed E-state index contributed by atoms with van der Waals surface area (Å²) in [4.78, 5) is 27.8. The Kier molecular flexibility index (Phi) is 7.49. The molecule has 0 bridgehead atoms. The molecule has 2 unspecified atom stereocenters. The third-order valence-electron chi connectivity index (χ3n) is 7.39. The van der Waals surface area contributed by atoms with E-state index in [1.807, 2.05) is 64.3 Å². The van der Waals surface area contributed by atoms with Crippen LogP contribution in [0.1, 0.15) is 63.3 Å². The highest BCUT2D eigenvalue weighted by atomic mass is 16.2. The average molecular weight is 497 g/mol. The maximum absolute atomic E-state index is 13.4. The van der Waals surface area contributed by atoms with Crippen LogP contribution in [0.15, 0.2) is 66.9 Å². The van der Waals surface area contributed by atoms with Crippen LogP contribution in [0.2, 0.25) is 0 Å². The Morgan fingerprint density at radius 1 is 0.919 bits per heavy atom. The summed E-state index contributed by atoms with van der Waals surface area (Å²) in [5.41, 5.74) is 2.92. The number of hydrogen-bond acceptors (Lipinski definition) is 5. The van der Waals surface area contributed by atoms with E-state index in [4.69, 9.17) is 15.1 Å². The number of fused-ring (bicyclic) bond motifs is 1. The quantitative estimate of drug-likeness (QED) is 0.319. The molecule has 1 aliphatic heterocycles. The lowest BCUT2D eigenvalue weighted by atomic mass is 9.95. The van der Waals surface area contributed by atoms with Crippen LogP contribution in [0.5, 0.6) is 0 Å². The molecule has 4 aromatic rings. The SMILES string of the molecule is CCCC(C)c1nc(N2CCN(C(=O)C(CC)c3ccccc3)CC2)c2cnn(-c3ccccc3)c2n1. The number of para-hydroxylation sites is 1. The van der Waals surface area contributed by atoms with Crippen molar-refractivity contribution >= 4 is 22.8 Å². The first-order valence-corrected chi connectivity index (χ1v) is 13.5. The largest absolute Gasteiger partial charge is 0.352 e. The summed E-state index contributed by atoms with van der Waals surface area (Å²) < 4.78 is 1.91. The molecule has 0 aliphatic carbocycles. The third-order valence-corrected chi connectivity index (χ3v) is 7.39. The number of piperazine rings is 1. The molecule has 2 aromatic heterocycles. The lowest BCUT2D eigenvalue weighted by Gasteiger charge is -2.37. The predicted molar refractivity (Wildman–Crippen MR) is 148 cm³/mol. The van der Waals surface area contributed by atoms with Crippen LogP contribution in [0.25, 0.3) is 16.7 Å². The average Bonchev–Trinajstić information content (AvgIpc) is 3.38. The number of aromatic nitrogens is 4. The molecule has 2 aromatic carbocycles. The molecule has 2 atom stereocenters. The maximum Gasteiger partial charge on any atom is 0.230 e. The Hall–Kier alpha value is -3.74. The molecule has 192 valence electrons. The zero-order chi connectivity index (χ0) is 25.8. The topological polar surface area (TPSA) is 67.2 Å². The van der Waals surface area contributed by atoms with Crippen LogP contribution in [-0.4, -0.2) is 56.7 Å². The second-order valence-electron chi connectivity index (χ2n) is 9.91. The van der Waals surface area contributed by atoms with E-state index < -0.39 is 0 Å². The van der Waals surface area contributed by atoms with Gasteiger partial charge in [-0.2, -0.15) is 5.10 Å². The molecule has 1 saturated heterocycles. The van der Waals surface area contributed by atoms with E-state index in [9.17, 15) is 4.79 Å². The fourth-order valence-corrected chi connectivity index (χ4v) is 5.29. The highest BCUT2D eigenvalue weighted by Crippen LogP contribution is 2.30. The van der Waals surface area contributed by atoms with Crippen LogP contribution in [0.3, 0.4) is 0 Å². The van der Waals surface area contributed by atoms with Gasteiger partial charge >= 0.3 is 0 Å². The Morgan fingerprint density at radius 2 is 1.59 bits per heavy atom. The molecule has 0 saturated carbocycles. The Bertz CT molecular complexity index is 1330. The fourth-order valence-electron chi connectivity index (χ4n) is 5.29. The number of rotatable bonds is 8. The Labute approximate surface area is 219 Å². The minimum atomic E-state index is -0.0934. The van der Waals surface area contributed by atoms with E-state index in [0.717, 1.165) is 66.3 Å². The summed E-state index contributed by atoms with van der Waals surface area (Å²) >= 11 is 0. The van der Waals surface area contributed by atoms with Crippen LogP contribution in [0.4, 0.5) is 5.82 Å². The molecule has 1 fully saturated rings. The summed E-state index contributed by atoms with van der Waals surface area (Å²) in [6.45, 7) is 9.32. The monoisotopic (exact) mass is 496 g/mol. The van der Waals surface area contributed by atoms with Crippen molar-refractivity contribution in [3.05, 3.63) is 78.2 Å². The van der Waals surface area contributed by atoms with Gasteiger partial charge in [0.05, 0.1) is 23.2 Å². The first-order chi connectivity index (χ1) is 18.1. The molecule has 7 heteroatoms. The van der Waals surface area contributed by atoms with Crippen molar-refractivity contribution in [1.29, 1.82) is 0 Å². The summed E-state index contributed by atoms with van der Waals surface area (Å²) in [5.74, 6) is 2.16. The van der Waals surface area contributed by atoms with Gasteiger partial charge in [0.25, 0.3) is 0 Å². The van der Waals surface area contributed by atoms with Gasteiger partial charge in [0.2, 0.25) is 5.91 Å². The highest BCUT2D eigenvalue weighted by Gasteiger charge is 2.29. The van der Waals surface area contributed by atoms with Crippen LogP contribution < -0.4 is 4.90 Å². The highest BCUT2D eigenvalue weighted by molar-refractivity contribution is 5.88. The smallest absolute Gasteiger partial charge is 0.230 e. The minimum absolute atomic E-state index is 0.0934. The van der Waals surface area contributed by atoms with Crippen molar-refractivity contribution in [1.82, 2.24) is 24.6 Å². The van der Waals surface area contributed by atoms with E-state index in [1.54, 1.807) is 0 Å². The molecule has 5 rings (SSSR count). The normalized spacial score (nSPS) is 15.6. The minimum Gasteiger partial charge on any atom is -0.352 e. The van der Waals surface area contributed by atoms with E-state index >= 15 is 0 Å². The molecular weight excluding hydrogens is 460 g/mol. The number of carbonyl (C=O) groups is 1. The molecule has 7 nitrogen and oxygen atoms in total. The number of carbonyl (C=O) groups excluding carboxylic acids is 1. The van der Waals surface area contributed by atoms with Gasteiger partial charge in [-0.25, -0.2) is 14.6 Å². The number of amides is 1. The summed E-state index contributed by atoms with van der Waals surface area (Å²) in [6.07, 6.45) is 4.79. The van der Waals surface area contributed by atoms with Gasteiger partial charge in [-0.1, -0.05) is 75.7 Å². The van der Waals surface area contributed by atoms with Gasteiger partial charge in [0.15, 0.2) is 5.65 Å². The van der Waals surface area contributed by atoms with Crippen molar-refractivity contribution in [2.45, 2.75) is 51.9 Å². The second-order valence-corrected chi connectivity index (χ2v) is 9.91. The van der Waals surface area contributed by atoms with Crippen LogP contribution in [0, 0.1) is 0 Å². The molecular formula is C30H36N6O. The fraction of sp³-hybridized carbons (Fsp3) is 0.400. The van der Waals surface area contributed by atoms with Crippen molar-refractivity contribution < 1.29 is 4.79 Å². The number of anilines is 1. The lowest BCUT2D eigenvalue weighted by molar-refractivity contribution is -0.133. The zero-order valence-electron chi connectivity index (χ0n) is 22.0. The molecule has 1 amide bonds. The zero-order valence-corrected chi connectivity index (χ0v) is 22.0. The number of nitrogens with zero attached hydrogens (tertiary/aromatic N) is 6. The second kappa shape index (κ2) is 11.1. The van der Waals surface area contributed by atoms with E-state index in [2.05, 4.69) is 37.8 Å². The van der Waals surface area contributed by atoms with E-state index in [-0.39, 0.29) is 17.7 Å². The van der Waals surface area contributed by atoms with Crippen LogP contribution >= 0.6 is 0 Å². The van der Waals surface area contributed by atoms with Gasteiger partial charge in [-0.05, 0) is 30.5 Å². The third kappa shape index (κ3) is 5.08. The first kappa shape index (κ1) is 24.9. The first-order valence-electron chi connectivity index (χ1n) is 13.5. The molecule has 37 heavy (non-hydrogen) atoms. The van der Waals surface area contributed by atoms with Gasteiger partial charge in [-0.15, -0.1) is 0 Å². The van der Waals surface area contributed by atoms with Gasteiger partial charge in [0, 0.05) is 32.1 Å². The predicted octanol–water partition coefficient (Wildman–Crippen LogP) is 5.56.